The molecule has 0 fully saturated rings. The van der Waals surface area contributed by atoms with E-state index in [1.54, 1.807) is 19.9 Å². The Balaban J connectivity index is 2.67. The highest BCUT2D eigenvalue weighted by Crippen LogP contribution is 2.18. The quantitative estimate of drug-likeness (QED) is 0.834. The summed E-state index contributed by atoms with van der Waals surface area (Å²) in [5.74, 6) is -1.78. The summed E-state index contributed by atoms with van der Waals surface area (Å²) in [6.45, 7) is 3.24. The molecule has 5 nitrogen and oxygen atoms in total. The number of benzene rings is 1. The second-order valence-electron chi connectivity index (χ2n) is 5.15. The average Bonchev–Trinajstić information content (AvgIpc) is 2.25. The molecule has 0 saturated heterocycles. The minimum absolute atomic E-state index is 0.0238. The molecule has 1 aromatic rings. The molecule has 0 heterocycles. The summed E-state index contributed by atoms with van der Waals surface area (Å²) in [5, 5.41) is 11.3. The maximum atomic E-state index is 13.5. The first-order chi connectivity index (χ1) is 9.23. The number of carbonyl (C=O) groups is 2. The van der Waals surface area contributed by atoms with Crippen molar-refractivity contribution in [3.05, 3.63) is 29.6 Å². The van der Waals surface area contributed by atoms with E-state index in [-0.39, 0.29) is 24.5 Å². The van der Waals surface area contributed by atoms with E-state index >= 15 is 0 Å². The Hall–Kier alpha value is -2.11. The normalized spacial score (nSPS) is 11.0. The zero-order valence-electron chi connectivity index (χ0n) is 11.7. The Kier molecular flexibility index (Phi) is 5.07. The van der Waals surface area contributed by atoms with Crippen LogP contribution in [-0.2, 0) is 16.0 Å². The van der Waals surface area contributed by atoms with E-state index in [2.05, 4.69) is 5.32 Å². The first-order valence-electron chi connectivity index (χ1n) is 6.09. The molecule has 0 bridgehead atoms. The highest BCUT2D eigenvalue weighted by atomic mass is 19.1. The minimum atomic E-state index is -0.995. The van der Waals surface area contributed by atoms with Crippen molar-refractivity contribution in [3.8, 4) is 5.75 Å². The van der Waals surface area contributed by atoms with E-state index in [4.69, 9.17) is 9.84 Å². The van der Waals surface area contributed by atoms with Crippen LogP contribution < -0.4 is 10.1 Å². The zero-order chi connectivity index (χ0) is 15.3. The Bertz CT molecular complexity index is 514. The van der Waals surface area contributed by atoms with Gasteiger partial charge in [0.25, 0.3) is 0 Å². The predicted octanol–water partition coefficient (Wildman–Crippen LogP) is 1.75. The highest BCUT2D eigenvalue weighted by Gasteiger charge is 2.23. The average molecular weight is 283 g/mol. The molecule has 1 amide bonds. The highest BCUT2D eigenvalue weighted by molar-refractivity contribution is 5.80. The molecule has 0 aliphatic rings. The van der Waals surface area contributed by atoms with Crippen LogP contribution in [0.2, 0.25) is 0 Å². The fourth-order valence-corrected chi connectivity index (χ4v) is 1.85. The number of nitrogens with one attached hydrogen (secondary N) is 1. The number of carboxylic acid groups (broad SMARTS) is 1. The van der Waals surface area contributed by atoms with Crippen LogP contribution in [0, 0.1) is 5.82 Å². The predicted molar refractivity (Wildman–Crippen MR) is 71.1 cm³/mol. The molecular formula is C14H18FNO4. The standard InChI is InChI=1S/C14H18FNO4/c1-14(2,8-13(18)19)16-12(17)7-9-4-5-11(20-3)10(15)6-9/h4-6H,7-8H2,1-3H3,(H,16,17)(H,18,19). The van der Waals surface area contributed by atoms with Crippen LogP contribution in [0.4, 0.5) is 4.39 Å². The van der Waals surface area contributed by atoms with Gasteiger partial charge in [0.1, 0.15) is 0 Å². The molecule has 110 valence electrons. The first kappa shape index (κ1) is 15.9. The summed E-state index contributed by atoms with van der Waals surface area (Å²) in [4.78, 5) is 22.5. The number of carboxylic acids is 1. The lowest BCUT2D eigenvalue weighted by atomic mass is 10.00. The van der Waals surface area contributed by atoms with E-state index in [0.717, 1.165) is 0 Å². The van der Waals surface area contributed by atoms with Gasteiger partial charge in [0.2, 0.25) is 5.91 Å². The largest absolute Gasteiger partial charge is 0.494 e. The van der Waals surface area contributed by atoms with Crippen molar-refractivity contribution < 1.29 is 23.8 Å². The maximum Gasteiger partial charge on any atom is 0.305 e. The molecule has 0 aliphatic carbocycles. The fourth-order valence-electron chi connectivity index (χ4n) is 1.85. The molecule has 0 aromatic heterocycles. The van der Waals surface area contributed by atoms with Crippen molar-refractivity contribution in [1.29, 1.82) is 0 Å². The van der Waals surface area contributed by atoms with Crippen LogP contribution in [0.3, 0.4) is 0 Å². The molecule has 0 radical (unpaired) electrons. The van der Waals surface area contributed by atoms with Crippen molar-refractivity contribution in [2.24, 2.45) is 0 Å². The number of hydrogen-bond acceptors (Lipinski definition) is 3. The monoisotopic (exact) mass is 283 g/mol. The minimum Gasteiger partial charge on any atom is -0.494 e. The van der Waals surface area contributed by atoms with Gasteiger partial charge in [-0.05, 0) is 31.5 Å². The summed E-state index contributed by atoms with van der Waals surface area (Å²) in [5.41, 5.74) is -0.361. The van der Waals surface area contributed by atoms with E-state index in [1.807, 2.05) is 0 Å². The van der Waals surface area contributed by atoms with Crippen molar-refractivity contribution in [3.63, 3.8) is 0 Å². The Labute approximate surface area is 116 Å². The Morgan fingerprint density at radius 1 is 1.40 bits per heavy atom. The van der Waals surface area contributed by atoms with E-state index in [0.29, 0.717) is 5.56 Å². The molecule has 6 heteroatoms. The number of ether oxygens (including phenoxy) is 1. The molecule has 1 aromatic carbocycles. The van der Waals surface area contributed by atoms with Gasteiger partial charge in [0.05, 0.1) is 20.0 Å². The van der Waals surface area contributed by atoms with Crippen LogP contribution in [-0.4, -0.2) is 29.6 Å². The third-order valence-corrected chi connectivity index (χ3v) is 2.65. The van der Waals surface area contributed by atoms with Crippen LogP contribution in [0.5, 0.6) is 5.75 Å². The number of hydrogen-bond donors (Lipinski definition) is 2. The van der Waals surface area contributed by atoms with Gasteiger partial charge < -0.3 is 15.2 Å². The fraction of sp³-hybridized carbons (Fsp3) is 0.429. The van der Waals surface area contributed by atoms with E-state index in [9.17, 15) is 14.0 Å². The smallest absolute Gasteiger partial charge is 0.305 e. The number of amides is 1. The molecule has 0 saturated carbocycles. The second kappa shape index (κ2) is 6.36. The first-order valence-corrected chi connectivity index (χ1v) is 6.09. The number of aliphatic carboxylic acids is 1. The van der Waals surface area contributed by atoms with Gasteiger partial charge in [-0.2, -0.15) is 0 Å². The van der Waals surface area contributed by atoms with Gasteiger partial charge in [-0.1, -0.05) is 6.07 Å². The second-order valence-corrected chi connectivity index (χ2v) is 5.15. The molecule has 0 unspecified atom stereocenters. The summed E-state index contributed by atoms with van der Waals surface area (Å²) >= 11 is 0. The Morgan fingerprint density at radius 3 is 2.55 bits per heavy atom. The lowest BCUT2D eigenvalue weighted by molar-refractivity contribution is -0.138. The third kappa shape index (κ3) is 4.87. The molecule has 2 N–H and O–H groups in total. The third-order valence-electron chi connectivity index (χ3n) is 2.65. The Morgan fingerprint density at radius 2 is 2.05 bits per heavy atom. The van der Waals surface area contributed by atoms with Crippen molar-refractivity contribution in [1.82, 2.24) is 5.32 Å². The topological polar surface area (TPSA) is 75.6 Å². The zero-order valence-corrected chi connectivity index (χ0v) is 11.7. The molecule has 0 atom stereocenters. The van der Waals surface area contributed by atoms with Gasteiger partial charge in [-0.15, -0.1) is 0 Å². The van der Waals surface area contributed by atoms with Crippen LogP contribution >= 0.6 is 0 Å². The van der Waals surface area contributed by atoms with E-state index in [1.165, 1.54) is 19.2 Å². The molecular weight excluding hydrogens is 265 g/mol. The summed E-state index contributed by atoms with van der Waals surface area (Å²) in [6, 6.07) is 4.26. The number of carbonyl (C=O) groups excluding carboxylic acids is 1. The summed E-state index contributed by atoms with van der Waals surface area (Å²) in [7, 11) is 1.36. The van der Waals surface area contributed by atoms with Gasteiger partial charge in [-0.25, -0.2) is 4.39 Å². The molecule has 1 rings (SSSR count). The van der Waals surface area contributed by atoms with Gasteiger partial charge in [0.15, 0.2) is 11.6 Å². The SMILES string of the molecule is COc1ccc(CC(=O)NC(C)(C)CC(=O)O)cc1F. The number of halogens is 1. The maximum absolute atomic E-state index is 13.5. The van der Waals surface area contributed by atoms with Crippen LogP contribution in [0.1, 0.15) is 25.8 Å². The summed E-state index contributed by atoms with van der Waals surface area (Å²) < 4.78 is 18.3. The van der Waals surface area contributed by atoms with Crippen molar-refractivity contribution >= 4 is 11.9 Å². The van der Waals surface area contributed by atoms with Crippen LogP contribution in [0.15, 0.2) is 18.2 Å². The van der Waals surface area contributed by atoms with Crippen LogP contribution in [0.25, 0.3) is 0 Å². The van der Waals surface area contributed by atoms with Gasteiger partial charge in [0, 0.05) is 5.54 Å². The number of rotatable bonds is 6. The van der Waals surface area contributed by atoms with Gasteiger partial charge >= 0.3 is 5.97 Å². The molecule has 20 heavy (non-hydrogen) atoms. The van der Waals surface area contributed by atoms with Crippen molar-refractivity contribution in [2.45, 2.75) is 32.2 Å². The number of methoxy groups -OCH3 is 1. The van der Waals surface area contributed by atoms with Gasteiger partial charge in [-0.3, -0.25) is 9.59 Å². The molecule has 0 spiro atoms. The van der Waals surface area contributed by atoms with Crippen molar-refractivity contribution in [2.75, 3.05) is 7.11 Å². The summed E-state index contributed by atoms with van der Waals surface area (Å²) in [6.07, 6.45) is -0.209. The lowest BCUT2D eigenvalue weighted by Crippen LogP contribution is -2.45. The lowest BCUT2D eigenvalue weighted by Gasteiger charge is -2.24. The van der Waals surface area contributed by atoms with E-state index < -0.39 is 17.3 Å². The molecule has 0 aliphatic heterocycles.